The van der Waals surface area contributed by atoms with Gasteiger partial charge in [-0.3, -0.25) is 0 Å². The van der Waals surface area contributed by atoms with Gasteiger partial charge in [0.15, 0.2) is 0 Å². The lowest BCUT2D eigenvalue weighted by molar-refractivity contribution is 0.0832. The number of hydrogen-bond acceptors (Lipinski definition) is 3. The van der Waals surface area contributed by atoms with E-state index in [1.165, 1.54) is 0 Å². The van der Waals surface area contributed by atoms with Crippen molar-refractivity contribution in [3.63, 3.8) is 0 Å². The molecule has 0 amide bonds. The molecule has 1 rings (SSSR count). The zero-order valence-corrected chi connectivity index (χ0v) is 6.93. The largest absolute Gasteiger partial charge is 0.381 e. The molecule has 11 heavy (non-hydrogen) atoms. The average molecular weight is 180 g/mol. The van der Waals surface area contributed by atoms with Gasteiger partial charge in [0.2, 0.25) is 0 Å². The number of ether oxygens (including phenoxy) is 1. The summed E-state index contributed by atoms with van der Waals surface area (Å²) in [6.07, 6.45) is 1.41. The molecule has 0 aromatic carbocycles. The highest BCUT2D eigenvalue weighted by atomic mass is 32.2. The summed E-state index contributed by atoms with van der Waals surface area (Å²) in [5.41, 5.74) is 0. The van der Waals surface area contributed by atoms with Crippen molar-refractivity contribution in [2.45, 2.75) is 18.9 Å². The van der Waals surface area contributed by atoms with Crippen LogP contribution in [-0.2, 0) is 14.9 Å². The Hall–Kier alpha value is -0.170. The Kier molecular flexibility index (Phi) is 2.83. The van der Waals surface area contributed by atoms with Gasteiger partial charge in [0.05, 0.1) is 0 Å². The maximum absolute atomic E-state index is 10.5. The fourth-order valence-corrected chi connectivity index (χ4v) is 1.75. The summed E-state index contributed by atoms with van der Waals surface area (Å²) in [4.78, 5) is 0. The lowest BCUT2D eigenvalue weighted by Crippen LogP contribution is -2.42. The van der Waals surface area contributed by atoms with E-state index in [4.69, 9.17) is 9.88 Å². The Balaban J connectivity index is 2.36. The minimum atomic E-state index is -3.53. The molecule has 3 N–H and O–H groups in total. The Morgan fingerprint density at radius 1 is 1.36 bits per heavy atom. The molecule has 0 aliphatic carbocycles. The molecule has 1 saturated heterocycles. The Bertz CT molecular complexity index is 208. The lowest BCUT2D eigenvalue weighted by atomic mass is 10.1. The van der Waals surface area contributed by atoms with Gasteiger partial charge in [-0.2, -0.15) is 13.1 Å². The van der Waals surface area contributed by atoms with Crippen molar-refractivity contribution in [2.75, 3.05) is 13.2 Å². The first-order valence-corrected chi connectivity index (χ1v) is 5.00. The molecular formula is C5H12N2O3S. The van der Waals surface area contributed by atoms with Crippen molar-refractivity contribution in [1.82, 2.24) is 4.72 Å². The van der Waals surface area contributed by atoms with E-state index in [1.54, 1.807) is 0 Å². The van der Waals surface area contributed by atoms with Gasteiger partial charge in [-0.05, 0) is 12.8 Å². The molecule has 0 radical (unpaired) electrons. The summed E-state index contributed by atoms with van der Waals surface area (Å²) in [5.74, 6) is 0. The molecule has 66 valence electrons. The van der Waals surface area contributed by atoms with Crippen LogP contribution in [0, 0.1) is 0 Å². The number of rotatable bonds is 2. The minimum absolute atomic E-state index is 0.0428. The Morgan fingerprint density at radius 3 is 2.36 bits per heavy atom. The normalized spacial score (nSPS) is 21.9. The van der Waals surface area contributed by atoms with Crippen LogP contribution in [0.15, 0.2) is 0 Å². The molecule has 1 fully saturated rings. The fraction of sp³-hybridized carbons (Fsp3) is 1.00. The van der Waals surface area contributed by atoms with E-state index in [0.29, 0.717) is 26.1 Å². The third-order valence-electron chi connectivity index (χ3n) is 1.55. The van der Waals surface area contributed by atoms with Crippen molar-refractivity contribution in [3.8, 4) is 0 Å². The highest BCUT2D eigenvalue weighted by molar-refractivity contribution is 7.87. The first kappa shape index (κ1) is 8.92. The van der Waals surface area contributed by atoms with E-state index in [9.17, 15) is 8.42 Å². The zero-order chi connectivity index (χ0) is 8.32. The molecule has 0 aromatic heterocycles. The van der Waals surface area contributed by atoms with E-state index in [2.05, 4.69) is 4.72 Å². The summed E-state index contributed by atoms with van der Waals surface area (Å²) < 4.78 is 28.4. The number of hydrogen-bond donors (Lipinski definition) is 2. The lowest BCUT2D eigenvalue weighted by Gasteiger charge is -2.21. The van der Waals surface area contributed by atoms with Gasteiger partial charge < -0.3 is 4.74 Å². The van der Waals surface area contributed by atoms with Crippen LogP contribution < -0.4 is 9.86 Å². The molecule has 5 nitrogen and oxygen atoms in total. The summed E-state index contributed by atoms with van der Waals surface area (Å²) in [6, 6.07) is -0.0428. The first-order chi connectivity index (χ1) is 5.08. The van der Waals surface area contributed by atoms with Gasteiger partial charge in [0, 0.05) is 19.3 Å². The Labute approximate surface area is 66.1 Å². The van der Waals surface area contributed by atoms with Crippen LogP contribution in [0.2, 0.25) is 0 Å². The number of nitrogens with one attached hydrogen (secondary N) is 1. The van der Waals surface area contributed by atoms with E-state index in [1.807, 2.05) is 0 Å². The maximum Gasteiger partial charge on any atom is 0.274 e. The molecular weight excluding hydrogens is 168 g/mol. The van der Waals surface area contributed by atoms with Crippen LogP contribution in [0.25, 0.3) is 0 Å². The second-order valence-corrected chi connectivity index (χ2v) is 3.88. The SMILES string of the molecule is NS(=O)(=O)NC1CCOCC1. The highest BCUT2D eigenvalue weighted by Crippen LogP contribution is 2.05. The molecule has 0 atom stereocenters. The quantitative estimate of drug-likeness (QED) is 0.569. The molecule has 0 aromatic rings. The van der Waals surface area contributed by atoms with Gasteiger partial charge in [-0.25, -0.2) is 5.14 Å². The van der Waals surface area contributed by atoms with Gasteiger partial charge in [0.25, 0.3) is 10.2 Å². The van der Waals surface area contributed by atoms with Crippen LogP contribution in [0.1, 0.15) is 12.8 Å². The molecule has 0 bridgehead atoms. The number of nitrogens with two attached hydrogens (primary N) is 1. The third-order valence-corrected chi connectivity index (χ3v) is 2.21. The molecule has 1 heterocycles. The summed E-state index contributed by atoms with van der Waals surface area (Å²) >= 11 is 0. The third kappa shape index (κ3) is 3.66. The van der Waals surface area contributed by atoms with Crippen LogP contribution >= 0.6 is 0 Å². The van der Waals surface area contributed by atoms with Crippen LogP contribution in [-0.4, -0.2) is 27.7 Å². The molecule has 1 aliphatic rings. The van der Waals surface area contributed by atoms with Gasteiger partial charge >= 0.3 is 0 Å². The standard InChI is InChI=1S/C5H12N2O3S/c6-11(8,9)7-5-1-3-10-4-2-5/h5,7H,1-4H2,(H2,6,8,9). The maximum atomic E-state index is 10.5. The van der Waals surface area contributed by atoms with Gasteiger partial charge in [-0.1, -0.05) is 0 Å². The molecule has 6 heteroatoms. The van der Waals surface area contributed by atoms with Gasteiger partial charge in [-0.15, -0.1) is 0 Å². The van der Waals surface area contributed by atoms with E-state index in [-0.39, 0.29) is 6.04 Å². The Morgan fingerprint density at radius 2 is 1.91 bits per heavy atom. The fourth-order valence-electron chi connectivity index (χ4n) is 1.05. The molecule has 1 aliphatic heterocycles. The van der Waals surface area contributed by atoms with Crippen molar-refractivity contribution >= 4 is 10.2 Å². The van der Waals surface area contributed by atoms with Crippen molar-refractivity contribution in [1.29, 1.82) is 0 Å². The van der Waals surface area contributed by atoms with E-state index < -0.39 is 10.2 Å². The molecule has 0 saturated carbocycles. The summed E-state index contributed by atoms with van der Waals surface area (Å²) in [6.45, 7) is 1.21. The predicted molar refractivity (Wildman–Crippen MR) is 40.1 cm³/mol. The van der Waals surface area contributed by atoms with Crippen molar-refractivity contribution < 1.29 is 13.2 Å². The predicted octanol–water partition coefficient (Wildman–Crippen LogP) is -1.04. The molecule has 0 spiro atoms. The van der Waals surface area contributed by atoms with E-state index in [0.717, 1.165) is 0 Å². The highest BCUT2D eigenvalue weighted by Gasteiger charge is 2.16. The summed E-state index contributed by atoms with van der Waals surface area (Å²) in [5, 5.41) is 4.79. The van der Waals surface area contributed by atoms with Crippen molar-refractivity contribution in [2.24, 2.45) is 5.14 Å². The van der Waals surface area contributed by atoms with Gasteiger partial charge in [0.1, 0.15) is 0 Å². The first-order valence-electron chi connectivity index (χ1n) is 3.46. The average Bonchev–Trinajstić information content (AvgIpc) is 1.85. The van der Waals surface area contributed by atoms with Crippen LogP contribution in [0.4, 0.5) is 0 Å². The van der Waals surface area contributed by atoms with E-state index >= 15 is 0 Å². The molecule has 0 unspecified atom stereocenters. The smallest absolute Gasteiger partial charge is 0.274 e. The zero-order valence-electron chi connectivity index (χ0n) is 6.12. The van der Waals surface area contributed by atoms with Crippen LogP contribution in [0.5, 0.6) is 0 Å². The second-order valence-electron chi connectivity index (χ2n) is 2.55. The second kappa shape index (κ2) is 3.48. The van der Waals surface area contributed by atoms with Crippen molar-refractivity contribution in [3.05, 3.63) is 0 Å². The minimum Gasteiger partial charge on any atom is -0.381 e. The monoisotopic (exact) mass is 180 g/mol. The van der Waals surface area contributed by atoms with Crippen LogP contribution in [0.3, 0.4) is 0 Å². The summed E-state index contributed by atoms with van der Waals surface area (Å²) in [7, 11) is -3.53. The topological polar surface area (TPSA) is 81.4 Å².